The molecule has 2 aromatic carbocycles. The van der Waals surface area contributed by atoms with E-state index in [0.29, 0.717) is 11.6 Å². The van der Waals surface area contributed by atoms with Crippen LogP contribution in [0.25, 0.3) is 0 Å². The van der Waals surface area contributed by atoms with E-state index in [-0.39, 0.29) is 17.5 Å². The van der Waals surface area contributed by atoms with Gasteiger partial charge >= 0.3 is 0 Å². The maximum atomic E-state index is 13.8. The van der Waals surface area contributed by atoms with E-state index in [1.165, 1.54) is 12.1 Å². The number of halogens is 2. The van der Waals surface area contributed by atoms with Gasteiger partial charge in [0.25, 0.3) is 5.91 Å². The fourth-order valence-corrected chi connectivity index (χ4v) is 2.96. The first-order valence-electron chi connectivity index (χ1n) is 6.98. The molecule has 1 saturated heterocycles. The van der Waals surface area contributed by atoms with Gasteiger partial charge in [-0.2, -0.15) is 0 Å². The molecule has 0 saturated carbocycles. The van der Waals surface area contributed by atoms with Crippen LogP contribution in [-0.2, 0) is 0 Å². The number of carbonyl (C=O) groups is 1. The van der Waals surface area contributed by atoms with Gasteiger partial charge in [-0.05, 0) is 42.7 Å². The van der Waals surface area contributed by atoms with Crippen LogP contribution in [0.4, 0.5) is 4.39 Å². The predicted octanol–water partition coefficient (Wildman–Crippen LogP) is 4.46. The fourth-order valence-electron chi connectivity index (χ4n) is 2.83. The van der Waals surface area contributed by atoms with Gasteiger partial charge in [0.15, 0.2) is 0 Å². The fraction of sp³-hybridized carbons (Fsp3) is 0.235. The quantitative estimate of drug-likeness (QED) is 0.802. The molecule has 1 atom stereocenters. The Balaban J connectivity index is 1.89. The lowest BCUT2D eigenvalue weighted by atomic mass is 10.0. The Labute approximate surface area is 128 Å². The Morgan fingerprint density at radius 3 is 2.57 bits per heavy atom. The number of nitrogens with zero attached hydrogens (tertiary/aromatic N) is 1. The largest absolute Gasteiger partial charge is 0.332 e. The molecule has 1 amide bonds. The SMILES string of the molecule is O=C(c1ccccc1F)N1CCC[C@H]1c1ccc(Cl)cc1. The maximum absolute atomic E-state index is 13.8. The molecule has 0 aliphatic carbocycles. The molecule has 1 heterocycles. The summed E-state index contributed by atoms with van der Waals surface area (Å²) in [6.07, 6.45) is 1.81. The second kappa shape index (κ2) is 5.86. The lowest BCUT2D eigenvalue weighted by Gasteiger charge is -2.25. The van der Waals surface area contributed by atoms with Crippen molar-refractivity contribution < 1.29 is 9.18 Å². The zero-order valence-electron chi connectivity index (χ0n) is 11.4. The van der Waals surface area contributed by atoms with Crippen LogP contribution < -0.4 is 0 Å². The van der Waals surface area contributed by atoms with E-state index in [9.17, 15) is 9.18 Å². The van der Waals surface area contributed by atoms with Crippen LogP contribution in [0.15, 0.2) is 48.5 Å². The zero-order chi connectivity index (χ0) is 14.8. The van der Waals surface area contributed by atoms with Crippen LogP contribution in [0.5, 0.6) is 0 Å². The monoisotopic (exact) mass is 303 g/mol. The summed E-state index contributed by atoms with van der Waals surface area (Å²) in [5.74, 6) is -0.713. The van der Waals surface area contributed by atoms with Crippen molar-refractivity contribution in [3.63, 3.8) is 0 Å². The summed E-state index contributed by atoms with van der Waals surface area (Å²) in [6.45, 7) is 0.653. The summed E-state index contributed by atoms with van der Waals surface area (Å²) in [7, 11) is 0. The third-order valence-corrected chi connectivity index (χ3v) is 4.12. The van der Waals surface area contributed by atoms with Crippen LogP contribution >= 0.6 is 11.6 Å². The minimum absolute atomic E-state index is 0.00521. The number of hydrogen-bond donors (Lipinski definition) is 0. The Morgan fingerprint density at radius 2 is 1.86 bits per heavy atom. The Morgan fingerprint density at radius 1 is 1.14 bits per heavy atom. The lowest BCUT2D eigenvalue weighted by molar-refractivity contribution is 0.0731. The summed E-state index contributed by atoms with van der Waals surface area (Å²) in [4.78, 5) is 14.3. The molecule has 3 rings (SSSR count). The third kappa shape index (κ3) is 2.79. The predicted molar refractivity (Wildman–Crippen MR) is 80.9 cm³/mol. The van der Waals surface area contributed by atoms with Gasteiger partial charge in [0.05, 0.1) is 11.6 Å². The second-order valence-electron chi connectivity index (χ2n) is 5.19. The minimum Gasteiger partial charge on any atom is -0.332 e. The average molecular weight is 304 g/mol. The highest BCUT2D eigenvalue weighted by molar-refractivity contribution is 6.30. The number of rotatable bonds is 2. The molecule has 1 fully saturated rings. The van der Waals surface area contributed by atoms with Crippen molar-refractivity contribution in [2.75, 3.05) is 6.54 Å². The van der Waals surface area contributed by atoms with Crippen molar-refractivity contribution in [1.29, 1.82) is 0 Å². The van der Waals surface area contributed by atoms with E-state index >= 15 is 0 Å². The molecule has 108 valence electrons. The number of carbonyl (C=O) groups excluding carboxylic acids is 1. The molecule has 0 unspecified atom stereocenters. The minimum atomic E-state index is -0.468. The van der Waals surface area contributed by atoms with Crippen molar-refractivity contribution >= 4 is 17.5 Å². The van der Waals surface area contributed by atoms with E-state index in [0.717, 1.165) is 18.4 Å². The number of benzene rings is 2. The molecule has 4 heteroatoms. The molecule has 2 aromatic rings. The van der Waals surface area contributed by atoms with E-state index in [1.807, 2.05) is 24.3 Å². The maximum Gasteiger partial charge on any atom is 0.257 e. The first kappa shape index (κ1) is 14.1. The summed E-state index contributed by atoms with van der Waals surface area (Å²) >= 11 is 5.90. The molecular weight excluding hydrogens is 289 g/mol. The van der Waals surface area contributed by atoms with E-state index in [2.05, 4.69) is 0 Å². The van der Waals surface area contributed by atoms with Gasteiger partial charge in [-0.15, -0.1) is 0 Å². The van der Waals surface area contributed by atoms with Gasteiger partial charge in [-0.3, -0.25) is 4.79 Å². The van der Waals surface area contributed by atoms with Crippen molar-refractivity contribution in [1.82, 2.24) is 4.90 Å². The molecular formula is C17H15ClFNO. The topological polar surface area (TPSA) is 20.3 Å². The van der Waals surface area contributed by atoms with E-state index in [4.69, 9.17) is 11.6 Å². The molecule has 0 radical (unpaired) electrons. The zero-order valence-corrected chi connectivity index (χ0v) is 12.2. The summed E-state index contributed by atoms with van der Waals surface area (Å²) in [5, 5.41) is 0.670. The molecule has 0 N–H and O–H groups in total. The molecule has 0 bridgehead atoms. The number of hydrogen-bond acceptors (Lipinski definition) is 1. The molecule has 1 aliphatic rings. The van der Waals surface area contributed by atoms with Crippen LogP contribution in [-0.4, -0.2) is 17.4 Å². The third-order valence-electron chi connectivity index (χ3n) is 3.87. The van der Waals surface area contributed by atoms with Gasteiger partial charge in [0.2, 0.25) is 0 Å². The normalized spacial score (nSPS) is 18.0. The standard InChI is InChI=1S/C17H15ClFNO/c18-13-9-7-12(8-10-13)16-6-3-11-20(16)17(21)14-4-1-2-5-15(14)19/h1-2,4-5,7-10,16H,3,6,11H2/t16-/m0/s1. The van der Waals surface area contributed by atoms with Crippen molar-refractivity contribution in [3.8, 4) is 0 Å². The Kier molecular flexibility index (Phi) is 3.93. The van der Waals surface area contributed by atoms with Crippen LogP contribution in [0, 0.1) is 5.82 Å². The van der Waals surface area contributed by atoms with E-state index in [1.54, 1.807) is 17.0 Å². The van der Waals surface area contributed by atoms with Crippen molar-refractivity contribution in [2.24, 2.45) is 0 Å². The molecule has 0 aromatic heterocycles. The highest BCUT2D eigenvalue weighted by Crippen LogP contribution is 2.33. The highest BCUT2D eigenvalue weighted by atomic mass is 35.5. The van der Waals surface area contributed by atoms with Gasteiger partial charge < -0.3 is 4.90 Å². The highest BCUT2D eigenvalue weighted by Gasteiger charge is 2.31. The van der Waals surface area contributed by atoms with Gasteiger partial charge in [-0.1, -0.05) is 35.9 Å². The van der Waals surface area contributed by atoms with Crippen molar-refractivity contribution in [2.45, 2.75) is 18.9 Å². The van der Waals surface area contributed by atoms with Crippen molar-refractivity contribution in [3.05, 3.63) is 70.5 Å². The molecule has 2 nitrogen and oxygen atoms in total. The summed E-state index contributed by atoms with van der Waals surface area (Å²) < 4.78 is 13.8. The molecule has 21 heavy (non-hydrogen) atoms. The lowest BCUT2D eigenvalue weighted by Crippen LogP contribution is -2.31. The second-order valence-corrected chi connectivity index (χ2v) is 5.62. The van der Waals surface area contributed by atoms with Gasteiger partial charge in [-0.25, -0.2) is 4.39 Å². The number of likely N-dealkylation sites (tertiary alicyclic amines) is 1. The van der Waals surface area contributed by atoms with Crippen LogP contribution in [0.1, 0.15) is 34.8 Å². The van der Waals surface area contributed by atoms with E-state index < -0.39 is 5.82 Å². The Bertz CT molecular complexity index is 656. The first-order chi connectivity index (χ1) is 10.2. The van der Waals surface area contributed by atoms with Gasteiger partial charge in [0.1, 0.15) is 5.82 Å². The number of amides is 1. The van der Waals surface area contributed by atoms with Crippen LogP contribution in [0.2, 0.25) is 5.02 Å². The smallest absolute Gasteiger partial charge is 0.257 e. The van der Waals surface area contributed by atoms with Crippen LogP contribution in [0.3, 0.4) is 0 Å². The molecule has 1 aliphatic heterocycles. The Hall–Kier alpha value is -1.87. The first-order valence-corrected chi connectivity index (χ1v) is 7.35. The summed E-state index contributed by atoms with van der Waals surface area (Å²) in [6, 6.07) is 13.6. The van der Waals surface area contributed by atoms with Gasteiger partial charge in [0, 0.05) is 11.6 Å². The molecule has 0 spiro atoms. The summed E-state index contributed by atoms with van der Waals surface area (Å²) in [5.41, 5.74) is 1.18. The average Bonchev–Trinajstić information content (AvgIpc) is 2.97.